The summed E-state index contributed by atoms with van der Waals surface area (Å²) in [6.45, 7) is 1.12. The fourth-order valence-corrected chi connectivity index (χ4v) is 1.91. The lowest BCUT2D eigenvalue weighted by atomic mass is 10.2. The molecule has 1 amide bonds. The Labute approximate surface area is 137 Å². The van der Waals surface area contributed by atoms with Crippen LogP contribution in [0.15, 0.2) is 23.2 Å². The summed E-state index contributed by atoms with van der Waals surface area (Å²) in [7, 11) is 8.39. The van der Waals surface area contributed by atoms with Crippen LogP contribution in [-0.2, 0) is 11.3 Å². The van der Waals surface area contributed by atoms with Gasteiger partial charge in [-0.25, -0.2) is 0 Å². The smallest absolute Gasteiger partial charge is 0.223 e. The van der Waals surface area contributed by atoms with Gasteiger partial charge in [0, 0.05) is 40.7 Å². The van der Waals surface area contributed by atoms with Crippen molar-refractivity contribution >= 4 is 11.9 Å². The van der Waals surface area contributed by atoms with Crippen LogP contribution in [0.2, 0.25) is 0 Å². The zero-order valence-corrected chi connectivity index (χ0v) is 14.5. The van der Waals surface area contributed by atoms with Gasteiger partial charge in [0.05, 0.1) is 14.2 Å². The third kappa shape index (κ3) is 6.06. The van der Waals surface area contributed by atoms with E-state index < -0.39 is 0 Å². The Morgan fingerprint density at radius 3 is 2.43 bits per heavy atom. The average molecular weight is 322 g/mol. The maximum atomic E-state index is 11.5. The summed E-state index contributed by atoms with van der Waals surface area (Å²) in [5.41, 5.74) is 1.04. The topological polar surface area (TPSA) is 75.2 Å². The molecule has 0 radical (unpaired) electrons. The molecule has 0 atom stereocenters. The number of ether oxygens (including phenoxy) is 2. The SMILES string of the molecule is CN=C(NCCC(=O)N(C)C)NCc1ccc(OC)c(OC)c1. The van der Waals surface area contributed by atoms with E-state index in [1.54, 1.807) is 40.3 Å². The molecule has 7 nitrogen and oxygen atoms in total. The van der Waals surface area contributed by atoms with Gasteiger partial charge >= 0.3 is 0 Å². The van der Waals surface area contributed by atoms with Crippen LogP contribution in [0.1, 0.15) is 12.0 Å². The Balaban J connectivity index is 2.50. The second-order valence-corrected chi connectivity index (χ2v) is 5.08. The van der Waals surface area contributed by atoms with Crippen LogP contribution in [0, 0.1) is 0 Å². The van der Waals surface area contributed by atoms with E-state index in [0.29, 0.717) is 37.0 Å². The molecule has 1 rings (SSSR count). The summed E-state index contributed by atoms with van der Waals surface area (Å²) in [4.78, 5) is 17.2. The lowest BCUT2D eigenvalue weighted by molar-refractivity contribution is -0.128. The first-order valence-corrected chi connectivity index (χ1v) is 7.37. The molecule has 2 N–H and O–H groups in total. The minimum atomic E-state index is 0.0767. The number of methoxy groups -OCH3 is 2. The number of nitrogens with zero attached hydrogens (tertiary/aromatic N) is 2. The third-order valence-corrected chi connectivity index (χ3v) is 3.26. The minimum Gasteiger partial charge on any atom is -0.493 e. The lowest BCUT2D eigenvalue weighted by Gasteiger charge is -2.14. The van der Waals surface area contributed by atoms with Crippen molar-refractivity contribution in [2.45, 2.75) is 13.0 Å². The molecule has 1 aromatic rings. The van der Waals surface area contributed by atoms with E-state index in [4.69, 9.17) is 9.47 Å². The van der Waals surface area contributed by atoms with Gasteiger partial charge in [0.15, 0.2) is 17.5 Å². The molecule has 128 valence electrons. The monoisotopic (exact) mass is 322 g/mol. The van der Waals surface area contributed by atoms with Crippen LogP contribution in [0.3, 0.4) is 0 Å². The molecule has 0 aliphatic carbocycles. The second kappa shape index (κ2) is 9.55. The predicted molar refractivity (Wildman–Crippen MR) is 91.1 cm³/mol. The Bertz CT molecular complexity index is 544. The lowest BCUT2D eigenvalue weighted by Crippen LogP contribution is -2.38. The van der Waals surface area contributed by atoms with Gasteiger partial charge in [-0.05, 0) is 17.7 Å². The van der Waals surface area contributed by atoms with E-state index in [1.807, 2.05) is 18.2 Å². The van der Waals surface area contributed by atoms with Crippen molar-refractivity contribution in [1.82, 2.24) is 15.5 Å². The number of amides is 1. The first-order chi connectivity index (χ1) is 11.0. The third-order valence-electron chi connectivity index (χ3n) is 3.26. The van der Waals surface area contributed by atoms with Gasteiger partial charge in [0.25, 0.3) is 0 Å². The molecule has 0 saturated carbocycles. The van der Waals surface area contributed by atoms with E-state index in [0.717, 1.165) is 5.56 Å². The van der Waals surface area contributed by atoms with Gasteiger partial charge in [-0.3, -0.25) is 9.79 Å². The maximum Gasteiger partial charge on any atom is 0.223 e. The number of guanidine groups is 1. The molecule has 0 fully saturated rings. The van der Waals surface area contributed by atoms with Gasteiger partial charge in [0.1, 0.15) is 0 Å². The van der Waals surface area contributed by atoms with Crippen molar-refractivity contribution < 1.29 is 14.3 Å². The van der Waals surface area contributed by atoms with Gasteiger partial charge in [-0.15, -0.1) is 0 Å². The van der Waals surface area contributed by atoms with E-state index in [2.05, 4.69) is 15.6 Å². The van der Waals surface area contributed by atoms with Crippen molar-refractivity contribution in [3.63, 3.8) is 0 Å². The molecule has 0 aliphatic rings. The molecule has 0 aromatic heterocycles. The number of rotatable bonds is 7. The maximum absolute atomic E-state index is 11.5. The highest BCUT2D eigenvalue weighted by molar-refractivity contribution is 5.81. The van der Waals surface area contributed by atoms with Crippen LogP contribution in [0.25, 0.3) is 0 Å². The number of carbonyl (C=O) groups is 1. The summed E-state index contributed by atoms with van der Waals surface area (Å²) < 4.78 is 10.5. The van der Waals surface area contributed by atoms with Crippen molar-refractivity contribution in [1.29, 1.82) is 0 Å². The molecule has 0 spiro atoms. The average Bonchev–Trinajstić information content (AvgIpc) is 2.57. The van der Waals surface area contributed by atoms with Crippen LogP contribution < -0.4 is 20.1 Å². The Kier molecular flexibility index (Phi) is 7.73. The summed E-state index contributed by atoms with van der Waals surface area (Å²) in [5.74, 6) is 2.10. The number of hydrogen-bond donors (Lipinski definition) is 2. The van der Waals surface area contributed by atoms with Crippen LogP contribution in [-0.4, -0.2) is 58.7 Å². The highest BCUT2D eigenvalue weighted by atomic mass is 16.5. The number of nitrogens with one attached hydrogen (secondary N) is 2. The van der Waals surface area contributed by atoms with Gasteiger partial charge in [-0.1, -0.05) is 6.07 Å². The fourth-order valence-electron chi connectivity index (χ4n) is 1.91. The van der Waals surface area contributed by atoms with Crippen molar-refractivity contribution in [2.24, 2.45) is 4.99 Å². The first-order valence-electron chi connectivity index (χ1n) is 7.37. The largest absolute Gasteiger partial charge is 0.493 e. The Morgan fingerprint density at radius 1 is 1.17 bits per heavy atom. The van der Waals surface area contributed by atoms with Crippen molar-refractivity contribution in [2.75, 3.05) is 41.9 Å². The minimum absolute atomic E-state index is 0.0767. The van der Waals surface area contributed by atoms with Crippen LogP contribution in [0.5, 0.6) is 11.5 Å². The number of benzene rings is 1. The molecule has 0 unspecified atom stereocenters. The Hall–Kier alpha value is -2.44. The summed E-state index contributed by atoms with van der Waals surface area (Å²) in [6.07, 6.45) is 0.421. The number of hydrogen-bond acceptors (Lipinski definition) is 4. The molecule has 0 heterocycles. The zero-order valence-electron chi connectivity index (χ0n) is 14.5. The number of aliphatic imine (C=N–C) groups is 1. The molecule has 23 heavy (non-hydrogen) atoms. The second-order valence-electron chi connectivity index (χ2n) is 5.08. The van der Waals surface area contributed by atoms with Gasteiger partial charge < -0.3 is 25.0 Å². The number of carbonyl (C=O) groups excluding carboxylic acids is 1. The standard InChI is InChI=1S/C16H26N4O3/c1-17-16(18-9-8-15(21)20(2)3)19-11-12-6-7-13(22-4)14(10-12)23-5/h6-7,10H,8-9,11H2,1-5H3,(H2,17,18,19). The van der Waals surface area contributed by atoms with Crippen molar-refractivity contribution in [3.05, 3.63) is 23.8 Å². The normalized spacial score (nSPS) is 10.9. The van der Waals surface area contributed by atoms with E-state index in [9.17, 15) is 4.79 Å². The summed E-state index contributed by atoms with van der Waals surface area (Å²) in [5, 5.41) is 6.31. The zero-order chi connectivity index (χ0) is 17.2. The quantitative estimate of drug-likeness (QED) is 0.575. The van der Waals surface area contributed by atoms with Gasteiger partial charge in [0.2, 0.25) is 5.91 Å². The molecule has 0 saturated heterocycles. The molecular formula is C16H26N4O3. The molecule has 1 aromatic carbocycles. The Morgan fingerprint density at radius 2 is 1.87 bits per heavy atom. The van der Waals surface area contributed by atoms with Crippen LogP contribution >= 0.6 is 0 Å². The molecular weight excluding hydrogens is 296 g/mol. The fraction of sp³-hybridized carbons (Fsp3) is 0.500. The van der Waals surface area contributed by atoms with E-state index in [-0.39, 0.29) is 5.91 Å². The molecule has 0 bridgehead atoms. The van der Waals surface area contributed by atoms with E-state index >= 15 is 0 Å². The predicted octanol–water partition coefficient (Wildman–Crippen LogP) is 0.847. The molecule has 0 aliphatic heterocycles. The van der Waals surface area contributed by atoms with Crippen LogP contribution in [0.4, 0.5) is 0 Å². The van der Waals surface area contributed by atoms with Gasteiger partial charge in [-0.2, -0.15) is 0 Å². The highest BCUT2D eigenvalue weighted by Crippen LogP contribution is 2.27. The van der Waals surface area contributed by atoms with E-state index in [1.165, 1.54) is 0 Å². The summed E-state index contributed by atoms with van der Waals surface area (Å²) in [6, 6.07) is 5.73. The molecule has 7 heteroatoms. The summed E-state index contributed by atoms with van der Waals surface area (Å²) >= 11 is 0. The first kappa shape index (κ1) is 18.6. The highest BCUT2D eigenvalue weighted by Gasteiger charge is 2.06. The van der Waals surface area contributed by atoms with Crippen molar-refractivity contribution in [3.8, 4) is 11.5 Å².